The summed E-state index contributed by atoms with van der Waals surface area (Å²) in [5, 5.41) is 9.29. The molecule has 0 aliphatic carbocycles. The van der Waals surface area contributed by atoms with Gasteiger partial charge in [-0.25, -0.2) is 10.4 Å². The first kappa shape index (κ1) is 8.44. The van der Waals surface area contributed by atoms with E-state index in [1.165, 1.54) is 0 Å². The minimum atomic E-state index is 0.403. The van der Waals surface area contributed by atoms with Crippen molar-refractivity contribution in [1.82, 2.24) is 21.1 Å². The van der Waals surface area contributed by atoms with Crippen LogP contribution in [0, 0.1) is 0 Å². The Balaban J connectivity index is 2.09. The Hall–Kier alpha value is -0.160. The molecule has 2 aliphatic rings. The predicted octanol–water partition coefficient (Wildman–Crippen LogP) is -0.551. The van der Waals surface area contributed by atoms with Crippen molar-refractivity contribution in [3.8, 4) is 0 Å². The van der Waals surface area contributed by atoms with Crippen molar-refractivity contribution in [2.45, 2.75) is 45.2 Å². The van der Waals surface area contributed by atoms with Crippen LogP contribution in [0.4, 0.5) is 0 Å². The van der Waals surface area contributed by atoms with Crippen LogP contribution in [0.5, 0.6) is 0 Å². The van der Waals surface area contributed by atoms with Gasteiger partial charge in [-0.2, -0.15) is 0 Å². The van der Waals surface area contributed by atoms with E-state index in [-0.39, 0.29) is 0 Å². The zero-order chi connectivity index (χ0) is 8.72. The normalized spacial score (nSPS) is 49.2. The third kappa shape index (κ3) is 1.25. The lowest BCUT2D eigenvalue weighted by Crippen LogP contribution is -2.62. The van der Waals surface area contributed by atoms with Gasteiger partial charge in [0, 0.05) is 18.6 Å². The molecule has 2 aliphatic heterocycles. The number of piperazine rings is 1. The van der Waals surface area contributed by atoms with Gasteiger partial charge in [0.15, 0.2) is 0 Å². The average molecular weight is 170 g/mol. The summed E-state index contributed by atoms with van der Waals surface area (Å²) in [5.74, 6) is 0. The van der Waals surface area contributed by atoms with Crippen molar-refractivity contribution < 1.29 is 0 Å². The van der Waals surface area contributed by atoms with Gasteiger partial charge in [-0.05, 0) is 20.8 Å². The number of nitrogens with one attached hydrogen (secondary N) is 3. The molecule has 0 amide bonds. The van der Waals surface area contributed by atoms with E-state index >= 15 is 0 Å². The molecule has 0 aromatic rings. The highest BCUT2D eigenvalue weighted by Gasteiger charge is 2.38. The summed E-state index contributed by atoms with van der Waals surface area (Å²) >= 11 is 0. The van der Waals surface area contributed by atoms with Gasteiger partial charge in [-0.1, -0.05) is 0 Å². The molecule has 0 aromatic heterocycles. The quantitative estimate of drug-likeness (QED) is 0.456. The van der Waals surface area contributed by atoms with Crippen LogP contribution in [-0.4, -0.2) is 36.0 Å². The molecule has 4 atom stereocenters. The molecule has 70 valence electrons. The van der Waals surface area contributed by atoms with E-state index in [2.05, 4.69) is 41.8 Å². The summed E-state index contributed by atoms with van der Waals surface area (Å²) in [6.45, 7) is 7.67. The first-order chi connectivity index (χ1) is 5.68. The van der Waals surface area contributed by atoms with Crippen molar-refractivity contribution in [3.63, 3.8) is 0 Å². The summed E-state index contributed by atoms with van der Waals surface area (Å²) in [7, 11) is 0. The van der Waals surface area contributed by atoms with E-state index in [1.807, 2.05) is 0 Å². The molecule has 12 heavy (non-hydrogen) atoms. The third-order valence-electron chi connectivity index (χ3n) is 2.75. The smallest absolute Gasteiger partial charge is 0.0901 e. The molecule has 0 aromatic carbocycles. The van der Waals surface area contributed by atoms with E-state index in [9.17, 15) is 0 Å². The maximum Gasteiger partial charge on any atom is 0.0901 e. The number of hydrogen-bond donors (Lipinski definition) is 3. The molecule has 0 saturated carbocycles. The highest BCUT2D eigenvalue weighted by molar-refractivity contribution is 4.92. The molecule has 0 spiro atoms. The van der Waals surface area contributed by atoms with Crippen molar-refractivity contribution >= 4 is 0 Å². The van der Waals surface area contributed by atoms with Crippen LogP contribution in [-0.2, 0) is 0 Å². The van der Waals surface area contributed by atoms with Crippen molar-refractivity contribution in [2.24, 2.45) is 0 Å². The molecular formula is C8H18N4. The monoisotopic (exact) mass is 170 g/mol. The van der Waals surface area contributed by atoms with Crippen molar-refractivity contribution in [3.05, 3.63) is 0 Å². The summed E-state index contributed by atoms with van der Waals surface area (Å²) < 4.78 is 0. The van der Waals surface area contributed by atoms with Crippen LogP contribution < -0.4 is 16.1 Å². The SMILES string of the molecule is CC1NCC(C)N2N[C@H](C)NC12. The molecule has 2 rings (SSSR count). The Morgan fingerprint density at radius 3 is 2.67 bits per heavy atom. The fourth-order valence-corrected chi connectivity index (χ4v) is 2.03. The average Bonchev–Trinajstić information content (AvgIpc) is 2.41. The molecule has 4 nitrogen and oxygen atoms in total. The second-order valence-corrected chi connectivity index (χ2v) is 3.92. The standard InChI is InChI=1S/C8H18N4/c1-5-4-9-6(2)8-10-7(3)11-12(5)8/h5-11H,4H2,1-3H3/t5?,6?,7-,8?/m1/s1. The lowest BCUT2D eigenvalue weighted by atomic mass is 10.1. The zero-order valence-electron chi connectivity index (χ0n) is 7.96. The van der Waals surface area contributed by atoms with Gasteiger partial charge in [-0.15, -0.1) is 0 Å². The fourth-order valence-electron chi connectivity index (χ4n) is 2.03. The zero-order valence-corrected chi connectivity index (χ0v) is 7.96. The first-order valence-electron chi connectivity index (χ1n) is 4.72. The number of hydrogen-bond acceptors (Lipinski definition) is 4. The second kappa shape index (κ2) is 2.96. The van der Waals surface area contributed by atoms with Crippen LogP contribution in [0.3, 0.4) is 0 Å². The number of hydrazine groups is 1. The number of fused-ring (bicyclic) bond motifs is 1. The molecule has 0 bridgehead atoms. The largest absolute Gasteiger partial charge is 0.310 e. The van der Waals surface area contributed by atoms with Crippen LogP contribution in [0.15, 0.2) is 0 Å². The van der Waals surface area contributed by atoms with Crippen LogP contribution in [0.25, 0.3) is 0 Å². The maximum atomic E-state index is 3.49. The Bertz CT molecular complexity index is 154. The van der Waals surface area contributed by atoms with E-state index in [4.69, 9.17) is 0 Å². The summed E-state index contributed by atoms with van der Waals surface area (Å²) in [5.41, 5.74) is 3.42. The summed E-state index contributed by atoms with van der Waals surface area (Å²) in [6.07, 6.45) is 0.851. The summed E-state index contributed by atoms with van der Waals surface area (Å²) in [4.78, 5) is 0. The van der Waals surface area contributed by atoms with Crippen LogP contribution in [0.2, 0.25) is 0 Å². The molecule has 3 N–H and O–H groups in total. The van der Waals surface area contributed by atoms with Gasteiger partial charge in [0.1, 0.15) is 0 Å². The minimum absolute atomic E-state index is 0.403. The van der Waals surface area contributed by atoms with Gasteiger partial charge in [0.05, 0.1) is 12.3 Å². The molecule has 4 heteroatoms. The highest BCUT2D eigenvalue weighted by atomic mass is 15.7. The van der Waals surface area contributed by atoms with E-state index in [0.29, 0.717) is 24.4 Å². The molecule has 2 fully saturated rings. The second-order valence-electron chi connectivity index (χ2n) is 3.92. The lowest BCUT2D eigenvalue weighted by molar-refractivity contribution is 0.0635. The number of rotatable bonds is 0. The molecule has 3 unspecified atom stereocenters. The predicted molar refractivity (Wildman–Crippen MR) is 48.3 cm³/mol. The number of nitrogens with zero attached hydrogens (tertiary/aromatic N) is 1. The Labute approximate surface area is 73.7 Å². The fraction of sp³-hybridized carbons (Fsp3) is 1.00. The first-order valence-corrected chi connectivity index (χ1v) is 4.72. The van der Waals surface area contributed by atoms with Crippen molar-refractivity contribution in [2.75, 3.05) is 6.54 Å². The Morgan fingerprint density at radius 2 is 2.00 bits per heavy atom. The molecule has 2 heterocycles. The van der Waals surface area contributed by atoms with Crippen LogP contribution >= 0.6 is 0 Å². The van der Waals surface area contributed by atoms with Gasteiger partial charge in [0.2, 0.25) is 0 Å². The van der Waals surface area contributed by atoms with Gasteiger partial charge >= 0.3 is 0 Å². The molecule has 2 saturated heterocycles. The van der Waals surface area contributed by atoms with Crippen LogP contribution in [0.1, 0.15) is 20.8 Å². The van der Waals surface area contributed by atoms with E-state index in [1.54, 1.807) is 0 Å². The maximum absolute atomic E-state index is 3.49. The van der Waals surface area contributed by atoms with Gasteiger partial charge < -0.3 is 5.32 Å². The minimum Gasteiger partial charge on any atom is -0.310 e. The summed E-state index contributed by atoms with van der Waals surface area (Å²) in [6, 6.07) is 1.10. The molecular weight excluding hydrogens is 152 g/mol. The van der Waals surface area contributed by atoms with Gasteiger partial charge in [-0.3, -0.25) is 5.32 Å². The van der Waals surface area contributed by atoms with Gasteiger partial charge in [0.25, 0.3) is 0 Å². The lowest BCUT2D eigenvalue weighted by Gasteiger charge is -2.39. The topological polar surface area (TPSA) is 39.3 Å². The Morgan fingerprint density at radius 1 is 1.25 bits per heavy atom. The molecule has 0 radical (unpaired) electrons. The Kier molecular flexibility index (Phi) is 2.08. The highest BCUT2D eigenvalue weighted by Crippen LogP contribution is 2.14. The van der Waals surface area contributed by atoms with E-state index < -0.39 is 0 Å². The van der Waals surface area contributed by atoms with Crippen molar-refractivity contribution in [1.29, 1.82) is 0 Å². The van der Waals surface area contributed by atoms with E-state index in [0.717, 1.165) is 6.54 Å². The third-order valence-corrected chi connectivity index (χ3v) is 2.75.